The molecule has 25 heavy (non-hydrogen) atoms. The number of para-hydroxylation sites is 1. The minimum Gasteiger partial charge on any atom is -0.331 e. The summed E-state index contributed by atoms with van der Waals surface area (Å²) < 4.78 is 38.0. The molecule has 0 aliphatic heterocycles. The fourth-order valence-corrected chi connectivity index (χ4v) is 2.12. The Kier molecular flexibility index (Phi) is 5.42. The number of halogens is 3. The average Bonchev–Trinajstić information content (AvgIpc) is 2.54. The fourth-order valence-electron chi connectivity index (χ4n) is 1.96. The van der Waals surface area contributed by atoms with Gasteiger partial charge in [-0.3, -0.25) is 21.0 Å². The van der Waals surface area contributed by atoms with E-state index < -0.39 is 22.4 Å². The summed E-state index contributed by atoms with van der Waals surface area (Å²) in [5.74, 6) is 0. The molecular weight excluding hydrogens is 357 g/mol. The van der Waals surface area contributed by atoms with E-state index in [-0.39, 0.29) is 10.8 Å². The van der Waals surface area contributed by atoms with E-state index in [0.29, 0.717) is 6.07 Å². The number of rotatable bonds is 4. The molecule has 132 valence electrons. The third-order valence-corrected chi connectivity index (χ3v) is 3.43. The first-order valence-corrected chi connectivity index (χ1v) is 7.33. The Hall–Kier alpha value is -2.88. The van der Waals surface area contributed by atoms with Crippen molar-refractivity contribution in [1.82, 2.24) is 5.43 Å². The molecule has 0 amide bonds. The van der Waals surface area contributed by atoms with E-state index in [1.807, 2.05) is 19.1 Å². The van der Waals surface area contributed by atoms with Gasteiger partial charge in [0.1, 0.15) is 5.69 Å². The number of benzene rings is 2. The third kappa shape index (κ3) is 4.80. The molecule has 0 fully saturated rings. The van der Waals surface area contributed by atoms with Gasteiger partial charge < -0.3 is 5.32 Å². The lowest BCUT2D eigenvalue weighted by atomic mass is 10.1. The largest absolute Gasteiger partial charge is 0.416 e. The number of aryl methyl sites for hydroxylation is 1. The molecule has 0 spiro atoms. The van der Waals surface area contributed by atoms with Crippen LogP contribution in [0.25, 0.3) is 0 Å². The number of anilines is 2. The summed E-state index contributed by atoms with van der Waals surface area (Å²) in [5, 5.41) is 14.0. The molecule has 0 aromatic heterocycles. The van der Waals surface area contributed by atoms with Crippen LogP contribution in [0.5, 0.6) is 0 Å². The first kappa shape index (κ1) is 18.5. The van der Waals surface area contributed by atoms with Gasteiger partial charge in [-0.1, -0.05) is 18.2 Å². The molecule has 0 heterocycles. The predicted molar refractivity (Wildman–Crippen MR) is 92.3 cm³/mol. The van der Waals surface area contributed by atoms with Gasteiger partial charge in [0.15, 0.2) is 5.11 Å². The highest BCUT2D eigenvalue weighted by molar-refractivity contribution is 7.80. The van der Waals surface area contributed by atoms with E-state index in [9.17, 15) is 23.3 Å². The molecule has 0 saturated carbocycles. The van der Waals surface area contributed by atoms with Gasteiger partial charge in [-0.15, -0.1) is 0 Å². The first-order chi connectivity index (χ1) is 11.7. The minimum absolute atomic E-state index is 0.100. The Morgan fingerprint density at radius 1 is 1.16 bits per heavy atom. The Morgan fingerprint density at radius 3 is 2.44 bits per heavy atom. The number of nitro benzene ring substituents is 1. The smallest absolute Gasteiger partial charge is 0.331 e. The Balaban J connectivity index is 2.11. The van der Waals surface area contributed by atoms with Crippen molar-refractivity contribution >= 4 is 34.4 Å². The molecule has 0 radical (unpaired) electrons. The van der Waals surface area contributed by atoms with Crippen LogP contribution in [-0.4, -0.2) is 10.0 Å². The summed E-state index contributed by atoms with van der Waals surface area (Å²) in [7, 11) is 0. The molecule has 10 heteroatoms. The second-order valence-electron chi connectivity index (χ2n) is 5.01. The zero-order valence-electron chi connectivity index (χ0n) is 12.8. The molecule has 0 atom stereocenters. The van der Waals surface area contributed by atoms with Gasteiger partial charge in [0.2, 0.25) is 0 Å². The summed E-state index contributed by atoms with van der Waals surface area (Å²) in [5.41, 5.74) is 4.64. The summed E-state index contributed by atoms with van der Waals surface area (Å²) in [4.78, 5) is 10.1. The molecule has 0 aliphatic carbocycles. The standard InChI is InChI=1S/C15H13F3N4O2S/c1-9-4-2-3-5-11(9)19-14(25)21-20-12-7-6-10(15(16,17)18)8-13(12)22(23)24/h2-8,20H,1H3,(H2,19,21,25). The van der Waals surface area contributed by atoms with Crippen LogP contribution in [0.2, 0.25) is 0 Å². The lowest BCUT2D eigenvalue weighted by Gasteiger charge is -2.14. The Labute approximate surface area is 146 Å². The second-order valence-corrected chi connectivity index (χ2v) is 5.41. The lowest BCUT2D eigenvalue weighted by Crippen LogP contribution is -2.33. The van der Waals surface area contributed by atoms with Gasteiger partial charge >= 0.3 is 6.18 Å². The molecule has 6 nitrogen and oxygen atoms in total. The van der Waals surface area contributed by atoms with Crippen LogP contribution in [0.3, 0.4) is 0 Å². The lowest BCUT2D eigenvalue weighted by molar-refractivity contribution is -0.384. The van der Waals surface area contributed by atoms with Crippen molar-refractivity contribution in [1.29, 1.82) is 0 Å². The molecular formula is C15H13F3N4O2S. The Morgan fingerprint density at radius 2 is 1.84 bits per heavy atom. The molecule has 0 saturated heterocycles. The van der Waals surface area contributed by atoms with Crippen molar-refractivity contribution in [3.63, 3.8) is 0 Å². The van der Waals surface area contributed by atoms with Crippen LogP contribution in [0.4, 0.5) is 30.2 Å². The highest BCUT2D eigenvalue weighted by atomic mass is 32.1. The van der Waals surface area contributed by atoms with Crippen LogP contribution in [0.1, 0.15) is 11.1 Å². The molecule has 0 aliphatic rings. The first-order valence-electron chi connectivity index (χ1n) is 6.93. The van der Waals surface area contributed by atoms with E-state index in [4.69, 9.17) is 12.2 Å². The number of nitrogens with zero attached hydrogens (tertiary/aromatic N) is 1. The zero-order valence-corrected chi connectivity index (χ0v) is 13.7. The summed E-state index contributed by atoms with van der Waals surface area (Å²) in [6.07, 6.45) is -4.67. The second kappa shape index (κ2) is 7.34. The van der Waals surface area contributed by atoms with Gasteiger partial charge in [0.05, 0.1) is 10.5 Å². The van der Waals surface area contributed by atoms with E-state index in [1.54, 1.807) is 12.1 Å². The van der Waals surface area contributed by atoms with Crippen LogP contribution < -0.4 is 16.2 Å². The molecule has 0 bridgehead atoms. The Bertz CT molecular complexity index is 812. The minimum atomic E-state index is -4.67. The van der Waals surface area contributed by atoms with Crippen molar-refractivity contribution in [2.24, 2.45) is 0 Å². The number of hydrazine groups is 1. The third-order valence-electron chi connectivity index (χ3n) is 3.23. The zero-order chi connectivity index (χ0) is 18.6. The molecule has 2 aromatic carbocycles. The van der Waals surface area contributed by atoms with Crippen molar-refractivity contribution < 1.29 is 18.1 Å². The normalized spacial score (nSPS) is 10.9. The average molecular weight is 370 g/mol. The topological polar surface area (TPSA) is 79.2 Å². The van der Waals surface area contributed by atoms with Crippen molar-refractivity contribution in [2.45, 2.75) is 13.1 Å². The number of nitrogens with one attached hydrogen (secondary N) is 3. The maximum Gasteiger partial charge on any atom is 0.416 e. The van der Waals surface area contributed by atoms with Crippen LogP contribution >= 0.6 is 12.2 Å². The highest BCUT2D eigenvalue weighted by Crippen LogP contribution is 2.34. The number of hydrogen-bond donors (Lipinski definition) is 3. The van der Waals surface area contributed by atoms with Gasteiger partial charge in [-0.2, -0.15) is 13.2 Å². The van der Waals surface area contributed by atoms with E-state index in [1.165, 1.54) is 0 Å². The number of hydrogen-bond acceptors (Lipinski definition) is 4. The van der Waals surface area contributed by atoms with Crippen molar-refractivity contribution in [2.75, 3.05) is 10.7 Å². The fraction of sp³-hybridized carbons (Fsp3) is 0.133. The molecule has 0 unspecified atom stereocenters. The van der Waals surface area contributed by atoms with Crippen LogP contribution in [0, 0.1) is 17.0 Å². The SMILES string of the molecule is Cc1ccccc1NC(=S)NNc1ccc(C(F)(F)F)cc1[N+](=O)[O-]. The predicted octanol–water partition coefficient (Wildman–Crippen LogP) is 4.24. The van der Waals surface area contributed by atoms with Crippen molar-refractivity contribution in [3.8, 4) is 0 Å². The molecule has 3 N–H and O–H groups in total. The maximum atomic E-state index is 12.7. The number of thiocarbonyl (C=S) groups is 1. The van der Waals surface area contributed by atoms with E-state index in [0.717, 1.165) is 23.4 Å². The van der Waals surface area contributed by atoms with Crippen molar-refractivity contribution in [3.05, 3.63) is 63.7 Å². The quantitative estimate of drug-likeness (QED) is 0.425. The van der Waals surface area contributed by atoms with Gasteiger partial charge in [0.25, 0.3) is 5.69 Å². The van der Waals surface area contributed by atoms with E-state index in [2.05, 4.69) is 16.2 Å². The summed E-state index contributed by atoms with van der Waals surface area (Å²) >= 11 is 5.05. The number of alkyl halides is 3. The molecule has 2 rings (SSSR count). The maximum absolute atomic E-state index is 12.7. The van der Waals surface area contributed by atoms with Gasteiger partial charge in [-0.25, -0.2) is 0 Å². The van der Waals surface area contributed by atoms with E-state index >= 15 is 0 Å². The monoisotopic (exact) mass is 370 g/mol. The van der Waals surface area contributed by atoms with Gasteiger partial charge in [-0.05, 0) is 42.9 Å². The number of nitro groups is 1. The summed E-state index contributed by atoms with van der Waals surface area (Å²) in [6.45, 7) is 1.86. The van der Waals surface area contributed by atoms with Crippen LogP contribution in [0.15, 0.2) is 42.5 Å². The van der Waals surface area contributed by atoms with Gasteiger partial charge in [0, 0.05) is 11.8 Å². The molecule has 2 aromatic rings. The van der Waals surface area contributed by atoms with Crippen LogP contribution in [-0.2, 0) is 6.18 Å². The summed E-state index contributed by atoms with van der Waals surface area (Å²) in [6, 6.07) is 9.46. The highest BCUT2D eigenvalue weighted by Gasteiger charge is 2.33.